The fourth-order valence-electron chi connectivity index (χ4n) is 1.92. The number of hydrogen-bond acceptors (Lipinski definition) is 2. The van der Waals surface area contributed by atoms with Crippen LogP contribution < -0.4 is 11.3 Å². The van der Waals surface area contributed by atoms with Gasteiger partial charge in [-0.05, 0) is 24.5 Å². The van der Waals surface area contributed by atoms with Gasteiger partial charge >= 0.3 is 0 Å². The van der Waals surface area contributed by atoms with E-state index in [1.807, 2.05) is 6.07 Å². The van der Waals surface area contributed by atoms with Gasteiger partial charge in [-0.2, -0.15) is 0 Å². The minimum atomic E-state index is 0.165. The smallest absolute Gasteiger partial charge is 0.0500 e. The number of rotatable bonds is 4. The van der Waals surface area contributed by atoms with Crippen molar-refractivity contribution in [3.63, 3.8) is 0 Å². The van der Waals surface area contributed by atoms with Crippen LogP contribution in [0.1, 0.15) is 22.7 Å². The highest BCUT2D eigenvalue weighted by Gasteiger charge is 2.09. The van der Waals surface area contributed by atoms with Crippen molar-refractivity contribution in [3.05, 3.63) is 71.3 Å². The normalized spacial score (nSPS) is 12.4. The van der Waals surface area contributed by atoms with Gasteiger partial charge in [-0.3, -0.25) is 11.3 Å². The van der Waals surface area contributed by atoms with Crippen LogP contribution in [0, 0.1) is 6.92 Å². The average molecular weight is 226 g/mol. The van der Waals surface area contributed by atoms with Crippen LogP contribution in [0.15, 0.2) is 54.6 Å². The Kier molecular flexibility index (Phi) is 3.91. The van der Waals surface area contributed by atoms with Crippen LogP contribution in [0.2, 0.25) is 0 Å². The van der Waals surface area contributed by atoms with Crippen molar-refractivity contribution in [3.8, 4) is 0 Å². The predicted molar refractivity (Wildman–Crippen MR) is 71.4 cm³/mol. The van der Waals surface area contributed by atoms with Crippen molar-refractivity contribution in [2.75, 3.05) is 0 Å². The van der Waals surface area contributed by atoms with E-state index in [0.29, 0.717) is 0 Å². The first-order chi connectivity index (χ1) is 8.29. The Labute approximate surface area is 102 Å². The molecule has 0 saturated carbocycles. The Hall–Kier alpha value is -1.64. The summed E-state index contributed by atoms with van der Waals surface area (Å²) in [4.78, 5) is 0. The van der Waals surface area contributed by atoms with Gasteiger partial charge in [0, 0.05) is 6.04 Å². The molecule has 1 atom stereocenters. The molecule has 0 saturated heterocycles. The van der Waals surface area contributed by atoms with Crippen LogP contribution in [0.25, 0.3) is 0 Å². The van der Waals surface area contributed by atoms with Crippen LogP contribution in [-0.4, -0.2) is 0 Å². The summed E-state index contributed by atoms with van der Waals surface area (Å²) in [6.07, 6.45) is 0.903. The predicted octanol–water partition coefficient (Wildman–Crippen LogP) is 2.74. The zero-order chi connectivity index (χ0) is 12.1. The molecule has 0 aliphatic carbocycles. The second-order valence-corrected chi connectivity index (χ2v) is 4.32. The highest BCUT2D eigenvalue weighted by Crippen LogP contribution is 2.18. The van der Waals surface area contributed by atoms with Crippen molar-refractivity contribution in [2.24, 2.45) is 5.84 Å². The lowest BCUT2D eigenvalue weighted by Crippen LogP contribution is -2.29. The lowest BCUT2D eigenvalue weighted by molar-refractivity contribution is 0.552. The Bertz CT molecular complexity index is 448. The molecular weight excluding hydrogens is 208 g/mol. The second-order valence-electron chi connectivity index (χ2n) is 4.32. The van der Waals surface area contributed by atoms with E-state index in [4.69, 9.17) is 5.84 Å². The first-order valence-electron chi connectivity index (χ1n) is 5.86. The summed E-state index contributed by atoms with van der Waals surface area (Å²) in [5.74, 6) is 5.64. The van der Waals surface area contributed by atoms with E-state index in [0.717, 1.165) is 6.42 Å². The highest BCUT2D eigenvalue weighted by atomic mass is 15.2. The van der Waals surface area contributed by atoms with E-state index >= 15 is 0 Å². The van der Waals surface area contributed by atoms with Gasteiger partial charge in [-0.25, -0.2) is 0 Å². The molecule has 0 bridgehead atoms. The molecule has 2 aromatic carbocycles. The lowest BCUT2D eigenvalue weighted by Gasteiger charge is -2.16. The Morgan fingerprint density at radius 3 is 2.24 bits per heavy atom. The quantitative estimate of drug-likeness (QED) is 0.621. The third kappa shape index (κ3) is 3.16. The third-order valence-corrected chi connectivity index (χ3v) is 2.96. The molecule has 88 valence electrons. The van der Waals surface area contributed by atoms with Crippen molar-refractivity contribution < 1.29 is 0 Å². The summed E-state index contributed by atoms with van der Waals surface area (Å²) in [6, 6.07) is 19.0. The summed E-state index contributed by atoms with van der Waals surface area (Å²) in [6.45, 7) is 2.09. The van der Waals surface area contributed by atoms with E-state index in [1.165, 1.54) is 16.7 Å². The minimum Gasteiger partial charge on any atom is -0.271 e. The number of hydrogen-bond donors (Lipinski definition) is 2. The van der Waals surface area contributed by atoms with Crippen molar-refractivity contribution in [1.29, 1.82) is 0 Å². The monoisotopic (exact) mass is 226 g/mol. The molecular formula is C15H18N2. The zero-order valence-electron chi connectivity index (χ0n) is 10.1. The van der Waals surface area contributed by atoms with E-state index in [1.54, 1.807) is 0 Å². The molecule has 0 amide bonds. The molecule has 0 aliphatic heterocycles. The molecule has 0 aliphatic rings. The largest absolute Gasteiger partial charge is 0.271 e. The average Bonchev–Trinajstić information content (AvgIpc) is 2.38. The molecule has 1 unspecified atom stereocenters. The number of benzene rings is 2. The molecule has 17 heavy (non-hydrogen) atoms. The molecule has 0 spiro atoms. The first kappa shape index (κ1) is 11.8. The summed E-state index contributed by atoms with van der Waals surface area (Å²) in [5, 5.41) is 0. The number of aryl methyl sites for hydroxylation is 1. The fraction of sp³-hybridized carbons (Fsp3) is 0.200. The molecule has 0 fully saturated rings. The highest BCUT2D eigenvalue weighted by molar-refractivity contribution is 5.26. The summed E-state index contributed by atoms with van der Waals surface area (Å²) >= 11 is 0. The Morgan fingerprint density at radius 1 is 1.00 bits per heavy atom. The third-order valence-electron chi connectivity index (χ3n) is 2.96. The van der Waals surface area contributed by atoms with E-state index in [2.05, 4.69) is 60.9 Å². The fourth-order valence-corrected chi connectivity index (χ4v) is 1.92. The zero-order valence-corrected chi connectivity index (χ0v) is 10.1. The number of nitrogens with one attached hydrogen (secondary N) is 1. The maximum Gasteiger partial charge on any atom is 0.0500 e. The molecule has 0 aromatic heterocycles. The van der Waals surface area contributed by atoms with Crippen LogP contribution >= 0.6 is 0 Å². The Balaban J connectivity index is 2.14. The van der Waals surface area contributed by atoms with Gasteiger partial charge in [-0.1, -0.05) is 60.2 Å². The van der Waals surface area contributed by atoms with Crippen molar-refractivity contribution in [1.82, 2.24) is 5.43 Å². The summed E-state index contributed by atoms with van der Waals surface area (Å²) < 4.78 is 0. The number of nitrogens with two attached hydrogens (primary N) is 1. The van der Waals surface area contributed by atoms with Crippen LogP contribution in [0.5, 0.6) is 0 Å². The van der Waals surface area contributed by atoms with E-state index in [-0.39, 0.29) is 6.04 Å². The van der Waals surface area contributed by atoms with Gasteiger partial charge in [-0.15, -0.1) is 0 Å². The topological polar surface area (TPSA) is 38.0 Å². The maximum absolute atomic E-state index is 5.64. The maximum atomic E-state index is 5.64. The van der Waals surface area contributed by atoms with Crippen molar-refractivity contribution in [2.45, 2.75) is 19.4 Å². The van der Waals surface area contributed by atoms with Gasteiger partial charge in [0.1, 0.15) is 0 Å². The molecule has 0 heterocycles. The van der Waals surface area contributed by atoms with Gasteiger partial charge in [0.15, 0.2) is 0 Å². The minimum absolute atomic E-state index is 0.165. The summed E-state index contributed by atoms with van der Waals surface area (Å²) in [7, 11) is 0. The van der Waals surface area contributed by atoms with Crippen LogP contribution in [0.4, 0.5) is 0 Å². The van der Waals surface area contributed by atoms with Gasteiger partial charge in [0.25, 0.3) is 0 Å². The molecule has 2 rings (SSSR count). The second kappa shape index (κ2) is 5.62. The molecule has 2 heteroatoms. The van der Waals surface area contributed by atoms with Crippen LogP contribution in [-0.2, 0) is 6.42 Å². The Morgan fingerprint density at radius 2 is 1.65 bits per heavy atom. The van der Waals surface area contributed by atoms with Gasteiger partial charge in [0.05, 0.1) is 0 Å². The van der Waals surface area contributed by atoms with Gasteiger partial charge < -0.3 is 0 Å². The standard InChI is InChI=1S/C15H18N2/c1-12-7-9-14(10-8-12)15(17-16)11-13-5-3-2-4-6-13/h2-10,15,17H,11,16H2,1H3. The molecule has 3 N–H and O–H groups in total. The van der Waals surface area contributed by atoms with Crippen LogP contribution in [0.3, 0.4) is 0 Å². The van der Waals surface area contributed by atoms with Gasteiger partial charge in [0.2, 0.25) is 0 Å². The SMILES string of the molecule is Cc1ccc(C(Cc2ccccc2)NN)cc1. The van der Waals surface area contributed by atoms with E-state index in [9.17, 15) is 0 Å². The molecule has 0 radical (unpaired) electrons. The first-order valence-corrected chi connectivity index (χ1v) is 5.86. The number of hydrazine groups is 1. The lowest BCUT2D eigenvalue weighted by atomic mass is 9.99. The molecule has 2 nitrogen and oxygen atoms in total. The van der Waals surface area contributed by atoms with E-state index < -0.39 is 0 Å². The molecule has 2 aromatic rings. The van der Waals surface area contributed by atoms with Crippen molar-refractivity contribution >= 4 is 0 Å². The summed E-state index contributed by atoms with van der Waals surface area (Å²) in [5.41, 5.74) is 6.67.